The number of aliphatic hydroxyl groups excluding tert-OH is 1. The lowest BCUT2D eigenvalue weighted by Gasteiger charge is -2.09. The van der Waals surface area contributed by atoms with Crippen molar-refractivity contribution >= 4 is 10.1 Å². The molecule has 0 amide bonds. The van der Waals surface area contributed by atoms with Crippen LogP contribution in [0.25, 0.3) is 0 Å². The van der Waals surface area contributed by atoms with Crippen molar-refractivity contribution in [1.29, 1.82) is 0 Å². The molecule has 0 heterocycles. The number of hydrogen-bond donors (Lipinski definition) is 2. The molecule has 0 radical (unpaired) electrons. The molecule has 2 N–H and O–H groups in total. The van der Waals surface area contributed by atoms with Crippen LogP contribution in [0.1, 0.15) is 71.1 Å². The lowest BCUT2D eigenvalue weighted by atomic mass is 10.1. The van der Waals surface area contributed by atoms with E-state index in [0.717, 1.165) is 6.42 Å². The highest BCUT2D eigenvalue weighted by Crippen LogP contribution is 2.10. The molecule has 1 atom stereocenters. The first-order valence-electron chi connectivity index (χ1n) is 9.24. The maximum atomic E-state index is 10.5. The summed E-state index contributed by atoms with van der Waals surface area (Å²) in [7, 11) is -4.16. The molecule has 0 aromatic carbocycles. The van der Waals surface area contributed by atoms with Gasteiger partial charge in [-0.15, -0.1) is 0 Å². The van der Waals surface area contributed by atoms with Crippen molar-refractivity contribution in [3.8, 4) is 0 Å². The normalized spacial score (nSPS) is 13.3. The molecule has 1 unspecified atom stereocenters. The zero-order chi connectivity index (χ0) is 18.1. The van der Waals surface area contributed by atoms with Crippen LogP contribution in [0, 0.1) is 0 Å². The standard InChI is InChI=1S/C17H36O6S/c1-2-3-4-5-6-7-8-9-10-11-12-22-13-14-23-15-17(18)16-24(19,20)21/h17-18H,2-16H2,1H3,(H,19,20,21). The summed E-state index contributed by atoms with van der Waals surface area (Å²) in [6.45, 7) is 3.55. The fourth-order valence-electron chi connectivity index (χ4n) is 2.42. The topological polar surface area (TPSA) is 93.1 Å². The molecule has 0 spiro atoms. The van der Waals surface area contributed by atoms with E-state index in [1.165, 1.54) is 57.8 Å². The number of aliphatic hydroxyl groups is 1. The molecule has 0 bridgehead atoms. The predicted octanol–water partition coefficient (Wildman–Crippen LogP) is 3.19. The van der Waals surface area contributed by atoms with Crippen LogP contribution in [0.4, 0.5) is 0 Å². The van der Waals surface area contributed by atoms with Gasteiger partial charge in [0.15, 0.2) is 0 Å². The highest BCUT2D eigenvalue weighted by atomic mass is 32.2. The van der Waals surface area contributed by atoms with Gasteiger partial charge in [0.25, 0.3) is 10.1 Å². The molecule has 7 heteroatoms. The van der Waals surface area contributed by atoms with Crippen molar-refractivity contribution in [2.24, 2.45) is 0 Å². The molecular formula is C17H36O6S. The maximum absolute atomic E-state index is 10.5. The van der Waals surface area contributed by atoms with Crippen molar-refractivity contribution in [3.05, 3.63) is 0 Å². The highest BCUT2D eigenvalue weighted by Gasteiger charge is 2.13. The van der Waals surface area contributed by atoms with Crippen LogP contribution in [0.3, 0.4) is 0 Å². The third-order valence-electron chi connectivity index (χ3n) is 3.73. The van der Waals surface area contributed by atoms with E-state index in [9.17, 15) is 13.5 Å². The summed E-state index contributed by atoms with van der Waals surface area (Å²) in [5.41, 5.74) is 0. The average molecular weight is 369 g/mol. The van der Waals surface area contributed by atoms with Gasteiger partial charge in [-0.1, -0.05) is 64.7 Å². The van der Waals surface area contributed by atoms with Crippen LogP contribution < -0.4 is 0 Å². The van der Waals surface area contributed by atoms with Crippen molar-refractivity contribution < 1.29 is 27.6 Å². The van der Waals surface area contributed by atoms with Gasteiger partial charge in [-0.2, -0.15) is 8.42 Å². The summed E-state index contributed by atoms with van der Waals surface area (Å²) >= 11 is 0. The second-order valence-electron chi connectivity index (χ2n) is 6.27. The van der Waals surface area contributed by atoms with Crippen molar-refractivity contribution in [2.45, 2.75) is 77.2 Å². The molecule has 0 aliphatic rings. The van der Waals surface area contributed by atoms with E-state index in [4.69, 9.17) is 14.0 Å². The minimum absolute atomic E-state index is 0.124. The van der Waals surface area contributed by atoms with E-state index < -0.39 is 22.0 Å². The minimum Gasteiger partial charge on any atom is -0.390 e. The van der Waals surface area contributed by atoms with Gasteiger partial charge in [0.05, 0.1) is 25.9 Å². The molecule has 0 aromatic rings. The predicted molar refractivity (Wildman–Crippen MR) is 95.9 cm³/mol. The first-order chi connectivity index (χ1) is 11.5. The molecular weight excluding hydrogens is 332 g/mol. The Morgan fingerprint density at radius 3 is 1.83 bits per heavy atom. The lowest BCUT2D eigenvalue weighted by molar-refractivity contribution is 0.00948. The second kappa shape index (κ2) is 16.3. The fraction of sp³-hybridized carbons (Fsp3) is 1.00. The van der Waals surface area contributed by atoms with Crippen LogP contribution in [0.15, 0.2) is 0 Å². The van der Waals surface area contributed by atoms with Gasteiger partial charge in [0.1, 0.15) is 5.75 Å². The summed E-state index contributed by atoms with van der Waals surface area (Å²) in [4.78, 5) is 0. The monoisotopic (exact) mass is 368 g/mol. The van der Waals surface area contributed by atoms with E-state index >= 15 is 0 Å². The third-order valence-corrected chi connectivity index (χ3v) is 4.53. The molecule has 0 aliphatic carbocycles. The minimum atomic E-state index is -4.16. The molecule has 0 aromatic heterocycles. The summed E-state index contributed by atoms with van der Waals surface area (Å²) in [5.74, 6) is -0.702. The number of ether oxygens (including phenoxy) is 2. The number of hydrogen-bond acceptors (Lipinski definition) is 5. The van der Waals surface area contributed by atoms with Gasteiger partial charge in [-0.3, -0.25) is 4.55 Å². The lowest BCUT2D eigenvalue weighted by Crippen LogP contribution is -2.26. The van der Waals surface area contributed by atoms with E-state index in [-0.39, 0.29) is 6.61 Å². The Hall–Kier alpha value is -0.210. The number of unbranched alkanes of at least 4 members (excludes halogenated alkanes) is 9. The Labute approximate surface area is 147 Å². The Kier molecular flexibility index (Phi) is 16.1. The molecule has 6 nitrogen and oxygen atoms in total. The molecule has 0 fully saturated rings. The van der Waals surface area contributed by atoms with Crippen molar-refractivity contribution in [3.63, 3.8) is 0 Å². The van der Waals surface area contributed by atoms with Gasteiger partial charge in [0.2, 0.25) is 0 Å². The van der Waals surface area contributed by atoms with E-state index in [1.54, 1.807) is 0 Å². The molecule has 0 saturated carbocycles. The van der Waals surface area contributed by atoms with Gasteiger partial charge < -0.3 is 14.6 Å². The smallest absolute Gasteiger partial charge is 0.267 e. The molecule has 24 heavy (non-hydrogen) atoms. The first kappa shape index (κ1) is 23.8. The maximum Gasteiger partial charge on any atom is 0.267 e. The van der Waals surface area contributed by atoms with Crippen LogP contribution in [-0.4, -0.2) is 56.4 Å². The molecule has 0 saturated heterocycles. The summed E-state index contributed by atoms with van der Waals surface area (Å²) < 4.78 is 40.1. The zero-order valence-electron chi connectivity index (χ0n) is 15.1. The van der Waals surface area contributed by atoms with Gasteiger partial charge in [0, 0.05) is 6.61 Å². The third kappa shape index (κ3) is 19.8. The average Bonchev–Trinajstić information content (AvgIpc) is 2.49. The molecule has 0 rings (SSSR count). The Morgan fingerprint density at radius 2 is 1.29 bits per heavy atom. The highest BCUT2D eigenvalue weighted by molar-refractivity contribution is 7.85. The van der Waals surface area contributed by atoms with Crippen LogP contribution in [0.2, 0.25) is 0 Å². The number of rotatable bonds is 18. The van der Waals surface area contributed by atoms with Gasteiger partial charge in [-0.25, -0.2) is 0 Å². The quantitative estimate of drug-likeness (QED) is 0.285. The van der Waals surface area contributed by atoms with Crippen LogP contribution in [0.5, 0.6) is 0 Å². The Balaban J connectivity index is 3.15. The van der Waals surface area contributed by atoms with Crippen molar-refractivity contribution in [1.82, 2.24) is 0 Å². The molecule has 0 aliphatic heterocycles. The zero-order valence-corrected chi connectivity index (χ0v) is 15.9. The largest absolute Gasteiger partial charge is 0.390 e. The first-order valence-corrected chi connectivity index (χ1v) is 10.9. The summed E-state index contributed by atoms with van der Waals surface area (Å²) in [6.07, 6.45) is 11.7. The molecule has 146 valence electrons. The SMILES string of the molecule is CCCCCCCCCCCCOCCOCC(O)CS(=O)(=O)O. The summed E-state index contributed by atoms with van der Waals surface area (Å²) in [5, 5.41) is 9.28. The van der Waals surface area contributed by atoms with Crippen LogP contribution in [-0.2, 0) is 19.6 Å². The van der Waals surface area contributed by atoms with Crippen LogP contribution >= 0.6 is 0 Å². The fourth-order valence-corrected chi connectivity index (χ4v) is 3.00. The van der Waals surface area contributed by atoms with Crippen molar-refractivity contribution in [2.75, 3.05) is 32.2 Å². The second-order valence-corrected chi connectivity index (χ2v) is 7.77. The van der Waals surface area contributed by atoms with E-state index in [0.29, 0.717) is 19.8 Å². The Bertz CT molecular complexity index is 358. The summed E-state index contributed by atoms with van der Waals surface area (Å²) in [6, 6.07) is 0. The van der Waals surface area contributed by atoms with Gasteiger partial charge in [-0.05, 0) is 6.42 Å². The van der Waals surface area contributed by atoms with Gasteiger partial charge >= 0.3 is 0 Å². The van der Waals surface area contributed by atoms with E-state index in [1.807, 2.05) is 0 Å². The Morgan fingerprint density at radius 1 is 0.792 bits per heavy atom. The van der Waals surface area contributed by atoms with E-state index in [2.05, 4.69) is 6.92 Å².